The summed E-state index contributed by atoms with van der Waals surface area (Å²) in [6.07, 6.45) is 1.50. The molecule has 0 atom stereocenters. The third-order valence-corrected chi connectivity index (χ3v) is 3.78. The first-order chi connectivity index (χ1) is 10.1. The molecule has 0 radical (unpaired) electrons. The van der Waals surface area contributed by atoms with Crippen molar-refractivity contribution in [3.05, 3.63) is 41.3 Å². The number of nitrogen functional groups attached to an aromatic ring is 1. The number of aromatic nitrogens is 2. The Morgan fingerprint density at radius 2 is 1.76 bits per heavy atom. The lowest BCUT2D eigenvalue weighted by atomic mass is 10.2. The largest absolute Gasteiger partial charge is 0.368 e. The van der Waals surface area contributed by atoms with Gasteiger partial charge in [-0.25, -0.2) is 9.37 Å². The lowest BCUT2D eigenvalue weighted by Crippen LogP contribution is -2.47. The summed E-state index contributed by atoms with van der Waals surface area (Å²) in [7, 11) is 0. The number of nitrogens with two attached hydrogens (primary N) is 1. The van der Waals surface area contributed by atoms with Gasteiger partial charge in [0.2, 0.25) is 5.95 Å². The Kier molecular flexibility index (Phi) is 3.79. The van der Waals surface area contributed by atoms with E-state index in [9.17, 15) is 4.39 Å². The van der Waals surface area contributed by atoms with E-state index in [0.29, 0.717) is 42.7 Å². The molecule has 2 aromatic rings. The van der Waals surface area contributed by atoms with Gasteiger partial charge in [0.1, 0.15) is 10.8 Å². The number of nitrogens with zero attached hydrogens (tertiary/aromatic N) is 4. The summed E-state index contributed by atoms with van der Waals surface area (Å²) in [5, 5.41) is 0.476. The normalized spacial score (nSPS) is 15.3. The fourth-order valence-electron chi connectivity index (χ4n) is 2.46. The van der Waals surface area contributed by atoms with Crippen LogP contribution in [0.5, 0.6) is 0 Å². The molecule has 0 unspecified atom stereocenters. The molecule has 1 aromatic carbocycles. The number of anilines is 3. The van der Waals surface area contributed by atoms with Crippen LogP contribution >= 0.6 is 11.6 Å². The Labute approximate surface area is 127 Å². The van der Waals surface area contributed by atoms with Gasteiger partial charge in [0.05, 0.1) is 11.9 Å². The highest BCUT2D eigenvalue weighted by molar-refractivity contribution is 6.32. The zero-order chi connectivity index (χ0) is 14.8. The van der Waals surface area contributed by atoms with Gasteiger partial charge >= 0.3 is 0 Å². The number of benzene rings is 1. The van der Waals surface area contributed by atoms with E-state index >= 15 is 0 Å². The molecular formula is C14H15ClFN5. The van der Waals surface area contributed by atoms with Crippen LogP contribution in [-0.2, 0) is 0 Å². The molecule has 0 aliphatic carbocycles. The van der Waals surface area contributed by atoms with E-state index < -0.39 is 0 Å². The summed E-state index contributed by atoms with van der Waals surface area (Å²) in [5.41, 5.74) is 6.23. The van der Waals surface area contributed by atoms with Crippen molar-refractivity contribution in [2.45, 2.75) is 0 Å². The molecule has 1 saturated heterocycles. The standard InChI is InChI=1S/C14H15ClFN5/c15-10-9-18-14(17)19-13(10)21-7-5-20(6-8-21)12-4-2-1-3-11(12)16/h1-4,9H,5-8H2,(H2,17,18,19). The fourth-order valence-corrected chi connectivity index (χ4v) is 2.67. The minimum absolute atomic E-state index is 0.199. The molecule has 0 spiro atoms. The van der Waals surface area contributed by atoms with Crippen LogP contribution in [0.2, 0.25) is 5.02 Å². The zero-order valence-electron chi connectivity index (χ0n) is 11.3. The summed E-state index contributed by atoms with van der Waals surface area (Å²) in [6.45, 7) is 2.79. The summed E-state index contributed by atoms with van der Waals surface area (Å²) in [6, 6.07) is 6.80. The van der Waals surface area contributed by atoms with Crippen molar-refractivity contribution >= 4 is 29.1 Å². The Morgan fingerprint density at radius 3 is 2.48 bits per heavy atom. The quantitative estimate of drug-likeness (QED) is 0.921. The molecule has 1 aromatic heterocycles. The van der Waals surface area contributed by atoms with Gasteiger partial charge in [0.15, 0.2) is 5.82 Å². The minimum Gasteiger partial charge on any atom is -0.368 e. The SMILES string of the molecule is Nc1ncc(Cl)c(N2CCN(c3ccccc3F)CC2)n1. The summed E-state index contributed by atoms with van der Waals surface area (Å²) < 4.78 is 13.8. The highest BCUT2D eigenvalue weighted by Crippen LogP contribution is 2.26. The van der Waals surface area contributed by atoms with Gasteiger partial charge in [-0.15, -0.1) is 0 Å². The number of piperazine rings is 1. The molecule has 1 aliphatic rings. The van der Waals surface area contributed by atoms with Gasteiger partial charge in [-0.1, -0.05) is 23.7 Å². The molecule has 5 nitrogen and oxygen atoms in total. The van der Waals surface area contributed by atoms with E-state index in [2.05, 4.69) is 9.97 Å². The topological polar surface area (TPSA) is 58.3 Å². The van der Waals surface area contributed by atoms with Crippen LogP contribution in [0, 0.1) is 5.82 Å². The van der Waals surface area contributed by atoms with Gasteiger partial charge in [0.25, 0.3) is 0 Å². The third kappa shape index (κ3) is 2.85. The summed E-state index contributed by atoms with van der Waals surface area (Å²) in [5.74, 6) is 0.638. The maximum atomic E-state index is 13.8. The minimum atomic E-state index is -0.199. The van der Waals surface area contributed by atoms with Crippen molar-refractivity contribution < 1.29 is 4.39 Å². The first-order valence-corrected chi connectivity index (χ1v) is 7.05. The average Bonchev–Trinajstić information content (AvgIpc) is 2.50. The molecule has 7 heteroatoms. The van der Waals surface area contributed by atoms with Crippen molar-refractivity contribution in [2.75, 3.05) is 41.7 Å². The van der Waals surface area contributed by atoms with E-state index in [0.717, 1.165) is 0 Å². The van der Waals surface area contributed by atoms with E-state index in [4.69, 9.17) is 17.3 Å². The Bertz CT molecular complexity index is 643. The maximum absolute atomic E-state index is 13.8. The molecule has 1 aliphatic heterocycles. The van der Waals surface area contributed by atoms with E-state index in [1.807, 2.05) is 15.9 Å². The number of hydrogen-bond acceptors (Lipinski definition) is 5. The lowest BCUT2D eigenvalue weighted by Gasteiger charge is -2.37. The molecule has 0 saturated carbocycles. The van der Waals surface area contributed by atoms with Crippen LogP contribution in [0.4, 0.5) is 21.8 Å². The van der Waals surface area contributed by atoms with Crippen LogP contribution in [0.3, 0.4) is 0 Å². The summed E-state index contributed by atoms with van der Waals surface area (Å²) in [4.78, 5) is 12.1. The number of halogens is 2. The molecular weight excluding hydrogens is 293 g/mol. The molecule has 1 fully saturated rings. The van der Waals surface area contributed by atoms with Crippen molar-refractivity contribution in [2.24, 2.45) is 0 Å². The molecule has 21 heavy (non-hydrogen) atoms. The molecule has 0 bridgehead atoms. The first kappa shape index (κ1) is 13.9. The number of rotatable bonds is 2. The monoisotopic (exact) mass is 307 g/mol. The van der Waals surface area contributed by atoms with Crippen molar-refractivity contribution in [3.8, 4) is 0 Å². The second-order valence-corrected chi connectivity index (χ2v) is 5.23. The van der Waals surface area contributed by atoms with Gasteiger partial charge in [-0.05, 0) is 12.1 Å². The Hall–Kier alpha value is -2.08. The van der Waals surface area contributed by atoms with Crippen LogP contribution in [0.25, 0.3) is 0 Å². The smallest absolute Gasteiger partial charge is 0.222 e. The van der Waals surface area contributed by atoms with Crippen LogP contribution in [0.15, 0.2) is 30.5 Å². The fraction of sp³-hybridized carbons (Fsp3) is 0.286. The highest BCUT2D eigenvalue weighted by atomic mass is 35.5. The lowest BCUT2D eigenvalue weighted by molar-refractivity contribution is 0.596. The van der Waals surface area contributed by atoms with Crippen molar-refractivity contribution in [1.82, 2.24) is 9.97 Å². The van der Waals surface area contributed by atoms with E-state index in [1.165, 1.54) is 12.3 Å². The molecule has 3 rings (SSSR count). The van der Waals surface area contributed by atoms with Gasteiger partial charge < -0.3 is 15.5 Å². The predicted molar refractivity (Wildman–Crippen MR) is 82.3 cm³/mol. The second kappa shape index (κ2) is 5.73. The highest BCUT2D eigenvalue weighted by Gasteiger charge is 2.22. The Morgan fingerprint density at radius 1 is 1.10 bits per heavy atom. The van der Waals surface area contributed by atoms with Gasteiger partial charge in [-0.2, -0.15) is 4.98 Å². The molecule has 2 N–H and O–H groups in total. The first-order valence-electron chi connectivity index (χ1n) is 6.67. The zero-order valence-corrected chi connectivity index (χ0v) is 12.1. The number of para-hydroxylation sites is 1. The van der Waals surface area contributed by atoms with Crippen molar-refractivity contribution in [3.63, 3.8) is 0 Å². The molecule has 2 heterocycles. The summed E-state index contributed by atoms with van der Waals surface area (Å²) >= 11 is 6.11. The third-order valence-electron chi connectivity index (χ3n) is 3.52. The van der Waals surface area contributed by atoms with E-state index in [-0.39, 0.29) is 11.8 Å². The van der Waals surface area contributed by atoms with Gasteiger partial charge in [0, 0.05) is 26.2 Å². The van der Waals surface area contributed by atoms with Crippen LogP contribution in [-0.4, -0.2) is 36.1 Å². The number of hydrogen-bond donors (Lipinski definition) is 1. The molecule has 110 valence electrons. The predicted octanol–water partition coefficient (Wildman–Crippen LogP) is 2.18. The van der Waals surface area contributed by atoms with Crippen LogP contribution in [0.1, 0.15) is 0 Å². The van der Waals surface area contributed by atoms with Crippen molar-refractivity contribution in [1.29, 1.82) is 0 Å². The molecule has 0 amide bonds. The maximum Gasteiger partial charge on any atom is 0.222 e. The van der Waals surface area contributed by atoms with E-state index in [1.54, 1.807) is 12.1 Å². The van der Waals surface area contributed by atoms with Gasteiger partial charge in [-0.3, -0.25) is 0 Å². The Balaban J connectivity index is 1.73. The van der Waals surface area contributed by atoms with Crippen LogP contribution < -0.4 is 15.5 Å². The second-order valence-electron chi connectivity index (χ2n) is 4.83. The average molecular weight is 308 g/mol.